The molecule has 4 rings (SSSR count). The zero-order valence-electron chi connectivity index (χ0n) is 14.9. The summed E-state index contributed by atoms with van der Waals surface area (Å²) in [5.41, 5.74) is 17.8. The first-order valence-corrected chi connectivity index (χ1v) is 9.10. The molecule has 0 fully saturated rings. The van der Waals surface area contributed by atoms with E-state index in [4.69, 9.17) is 11.5 Å². The number of aliphatic hydroxyl groups excluding tert-OH is 1. The standard InChI is InChI=1S/C23H22N2O2/c24-17-9-6-15-8-11-21(26)22(19(15)13-17)20-12-16(23(25)27)7-10-18(20)14-4-2-1-3-5-14/h1-7,9-10,12-13,21-22,26H,8,11,24H2,(H2,25,27). The van der Waals surface area contributed by atoms with E-state index in [1.165, 1.54) is 5.56 Å². The quantitative estimate of drug-likeness (QED) is 0.626. The van der Waals surface area contributed by atoms with E-state index >= 15 is 0 Å². The van der Waals surface area contributed by atoms with Crippen LogP contribution in [0.2, 0.25) is 0 Å². The first kappa shape index (κ1) is 17.3. The first-order chi connectivity index (χ1) is 13.0. The van der Waals surface area contributed by atoms with Crippen molar-refractivity contribution in [3.8, 4) is 11.1 Å². The van der Waals surface area contributed by atoms with Crippen molar-refractivity contribution >= 4 is 11.6 Å². The van der Waals surface area contributed by atoms with Crippen LogP contribution in [-0.2, 0) is 6.42 Å². The third kappa shape index (κ3) is 3.20. The summed E-state index contributed by atoms with van der Waals surface area (Å²) in [6, 6.07) is 21.3. The molecule has 1 aliphatic rings. The number of aliphatic hydroxyl groups is 1. The number of nitrogens with two attached hydrogens (primary N) is 2. The second-order valence-electron chi connectivity index (χ2n) is 7.07. The number of benzene rings is 3. The van der Waals surface area contributed by atoms with Crippen LogP contribution in [0.3, 0.4) is 0 Å². The number of nitrogen functional groups attached to an aromatic ring is 1. The minimum Gasteiger partial charge on any atom is -0.399 e. The number of rotatable bonds is 3. The van der Waals surface area contributed by atoms with Gasteiger partial charge in [0.25, 0.3) is 0 Å². The Bertz CT molecular complexity index is 999. The van der Waals surface area contributed by atoms with Crippen molar-refractivity contribution in [3.05, 3.63) is 89.0 Å². The number of fused-ring (bicyclic) bond motifs is 1. The molecule has 0 saturated heterocycles. The zero-order valence-corrected chi connectivity index (χ0v) is 14.9. The minimum absolute atomic E-state index is 0.258. The van der Waals surface area contributed by atoms with Gasteiger partial charge in [-0.15, -0.1) is 0 Å². The summed E-state index contributed by atoms with van der Waals surface area (Å²) in [5, 5.41) is 10.9. The molecule has 0 aromatic heterocycles. The lowest BCUT2D eigenvalue weighted by Gasteiger charge is -2.32. The van der Waals surface area contributed by atoms with Gasteiger partial charge >= 0.3 is 0 Å². The number of anilines is 1. The van der Waals surface area contributed by atoms with Crippen molar-refractivity contribution in [3.63, 3.8) is 0 Å². The molecule has 2 unspecified atom stereocenters. The predicted molar refractivity (Wildman–Crippen MR) is 107 cm³/mol. The molecule has 2 atom stereocenters. The van der Waals surface area contributed by atoms with Gasteiger partial charge in [0.15, 0.2) is 0 Å². The largest absolute Gasteiger partial charge is 0.399 e. The van der Waals surface area contributed by atoms with Crippen LogP contribution in [0.25, 0.3) is 11.1 Å². The number of carbonyl (C=O) groups excluding carboxylic acids is 1. The van der Waals surface area contributed by atoms with Crippen molar-refractivity contribution in [2.24, 2.45) is 5.73 Å². The summed E-state index contributed by atoms with van der Waals surface area (Å²) in [6.07, 6.45) is 0.921. The molecule has 0 bridgehead atoms. The van der Waals surface area contributed by atoms with Gasteiger partial charge in [0.05, 0.1) is 6.10 Å². The van der Waals surface area contributed by atoms with Crippen LogP contribution in [-0.4, -0.2) is 17.1 Å². The van der Waals surface area contributed by atoms with Gasteiger partial charge in [0.2, 0.25) is 5.91 Å². The lowest BCUT2D eigenvalue weighted by atomic mass is 9.74. The average Bonchev–Trinajstić information content (AvgIpc) is 2.68. The summed E-state index contributed by atoms with van der Waals surface area (Å²) >= 11 is 0. The highest BCUT2D eigenvalue weighted by atomic mass is 16.3. The number of amides is 1. The monoisotopic (exact) mass is 358 g/mol. The third-order valence-electron chi connectivity index (χ3n) is 5.36. The van der Waals surface area contributed by atoms with E-state index in [-0.39, 0.29) is 5.92 Å². The van der Waals surface area contributed by atoms with Gasteiger partial charge in [-0.05, 0) is 64.9 Å². The van der Waals surface area contributed by atoms with E-state index in [1.807, 2.05) is 60.7 Å². The molecule has 0 radical (unpaired) electrons. The lowest BCUT2D eigenvalue weighted by Crippen LogP contribution is -2.27. The Morgan fingerprint density at radius 2 is 1.74 bits per heavy atom. The number of hydrogen-bond acceptors (Lipinski definition) is 3. The van der Waals surface area contributed by atoms with Gasteiger partial charge in [-0.1, -0.05) is 42.5 Å². The molecule has 0 spiro atoms. The lowest BCUT2D eigenvalue weighted by molar-refractivity contribution is 0.0999. The molecule has 0 heterocycles. The van der Waals surface area contributed by atoms with Crippen LogP contribution < -0.4 is 11.5 Å². The second-order valence-corrected chi connectivity index (χ2v) is 7.07. The number of hydrogen-bond donors (Lipinski definition) is 3. The first-order valence-electron chi connectivity index (χ1n) is 9.10. The maximum atomic E-state index is 11.8. The number of primary amides is 1. The van der Waals surface area contributed by atoms with Crippen molar-refractivity contribution in [2.45, 2.75) is 24.9 Å². The van der Waals surface area contributed by atoms with Crippen molar-refractivity contribution in [2.75, 3.05) is 5.73 Å². The second kappa shape index (κ2) is 6.89. The van der Waals surface area contributed by atoms with Crippen molar-refractivity contribution in [1.82, 2.24) is 0 Å². The highest BCUT2D eigenvalue weighted by Gasteiger charge is 2.31. The normalized spacial score (nSPS) is 18.7. The van der Waals surface area contributed by atoms with Crippen molar-refractivity contribution in [1.29, 1.82) is 0 Å². The van der Waals surface area contributed by atoms with Gasteiger partial charge < -0.3 is 16.6 Å². The van der Waals surface area contributed by atoms with Crippen LogP contribution in [0.4, 0.5) is 5.69 Å². The maximum Gasteiger partial charge on any atom is 0.248 e. The average molecular weight is 358 g/mol. The van der Waals surface area contributed by atoms with E-state index in [0.717, 1.165) is 28.7 Å². The molecule has 4 nitrogen and oxygen atoms in total. The number of carbonyl (C=O) groups is 1. The summed E-state index contributed by atoms with van der Waals surface area (Å²) in [4.78, 5) is 11.8. The van der Waals surface area contributed by atoms with E-state index in [9.17, 15) is 9.90 Å². The summed E-state index contributed by atoms with van der Waals surface area (Å²) < 4.78 is 0. The molecule has 3 aromatic rings. The highest BCUT2D eigenvalue weighted by molar-refractivity contribution is 5.94. The Labute approximate surface area is 158 Å². The smallest absolute Gasteiger partial charge is 0.248 e. The molecule has 4 heteroatoms. The van der Waals surface area contributed by atoms with Gasteiger partial charge in [0, 0.05) is 17.2 Å². The van der Waals surface area contributed by atoms with Crippen LogP contribution in [0.5, 0.6) is 0 Å². The van der Waals surface area contributed by atoms with E-state index in [2.05, 4.69) is 0 Å². The summed E-state index contributed by atoms with van der Waals surface area (Å²) in [7, 11) is 0. The molecule has 3 aromatic carbocycles. The third-order valence-corrected chi connectivity index (χ3v) is 5.36. The highest BCUT2D eigenvalue weighted by Crippen LogP contribution is 2.42. The Balaban J connectivity index is 1.96. The fourth-order valence-electron chi connectivity index (χ4n) is 4.04. The van der Waals surface area contributed by atoms with Gasteiger partial charge in [-0.3, -0.25) is 4.79 Å². The van der Waals surface area contributed by atoms with Crippen LogP contribution in [0.1, 0.15) is 39.4 Å². The van der Waals surface area contributed by atoms with Gasteiger partial charge in [-0.2, -0.15) is 0 Å². The van der Waals surface area contributed by atoms with Crippen LogP contribution >= 0.6 is 0 Å². The Kier molecular flexibility index (Phi) is 4.42. The Morgan fingerprint density at radius 3 is 2.48 bits per heavy atom. The van der Waals surface area contributed by atoms with Crippen LogP contribution in [0, 0.1) is 0 Å². The fourth-order valence-corrected chi connectivity index (χ4v) is 4.04. The molecular weight excluding hydrogens is 336 g/mol. The maximum absolute atomic E-state index is 11.8. The molecule has 27 heavy (non-hydrogen) atoms. The SMILES string of the molecule is NC(=O)c1ccc(-c2ccccc2)c(C2c3cc(N)ccc3CCC2O)c1. The van der Waals surface area contributed by atoms with Gasteiger partial charge in [-0.25, -0.2) is 0 Å². The number of aryl methyl sites for hydroxylation is 1. The topological polar surface area (TPSA) is 89.3 Å². The van der Waals surface area contributed by atoms with E-state index in [0.29, 0.717) is 17.7 Å². The molecule has 1 aliphatic carbocycles. The zero-order chi connectivity index (χ0) is 19.0. The minimum atomic E-state index is -0.551. The van der Waals surface area contributed by atoms with Crippen LogP contribution in [0.15, 0.2) is 66.7 Å². The molecule has 1 amide bonds. The predicted octanol–water partition coefficient (Wildman–Crippen LogP) is 3.47. The fraction of sp³-hybridized carbons (Fsp3) is 0.174. The molecule has 0 saturated carbocycles. The molecule has 0 aliphatic heterocycles. The molecule has 5 N–H and O–H groups in total. The summed E-state index contributed by atoms with van der Waals surface area (Å²) in [6.45, 7) is 0. The molecule has 136 valence electrons. The Morgan fingerprint density at radius 1 is 0.963 bits per heavy atom. The molecular formula is C23H22N2O2. The van der Waals surface area contributed by atoms with Gasteiger partial charge in [0.1, 0.15) is 0 Å². The van der Waals surface area contributed by atoms with E-state index in [1.54, 1.807) is 6.07 Å². The van der Waals surface area contributed by atoms with Crippen molar-refractivity contribution < 1.29 is 9.90 Å². The summed E-state index contributed by atoms with van der Waals surface area (Å²) in [5.74, 6) is -0.735. The Hall–Kier alpha value is -3.11. The van der Waals surface area contributed by atoms with E-state index < -0.39 is 12.0 Å².